The van der Waals surface area contributed by atoms with E-state index in [2.05, 4.69) is 20.4 Å². The SMILES string of the molecule is O=C(NCCCOC1CCCC1)C1CCN(Cc2nc(-c3ccc(F)cc3)no2)CC1. The molecule has 1 amide bonds. The molecule has 8 heteroatoms. The Bertz CT molecular complexity index is 828. The van der Waals surface area contributed by atoms with Crippen LogP contribution in [-0.2, 0) is 16.1 Å². The van der Waals surface area contributed by atoms with E-state index in [1.54, 1.807) is 12.1 Å². The average molecular weight is 431 g/mol. The lowest BCUT2D eigenvalue weighted by Crippen LogP contribution is -2.40. The van der Waals surface area contributed by atoms with E-state index < -0.39 is 0 Å². The Kier molecular flexibility index (Phi) is 7.64. The monoisotopic (exact) mass is 430 g/mol. The number of piperidine rings is 1. The number of carbonyl (C=O) groups is 1. The van der Waals surface area contributed by atoms with Crippen molar-refractivity contribution < 1.29 is 18.4 Å². The zero-order valence-electron chi connectivity index (χ0n) is 17.9. The number of benzene rings is 1. The molecule has 7 nitrogen and oxygen atoms in total. The highest BCUT2D eigenvalue weighted by atomic mass is 19.1. The predicted molar refractivity (Wildman–Crippen MR) is 114 cm³/mol. The van der Waals surface area contributed by atoms with Gasteiger partial charge in [-0.15, -0.1) is 0 Å². The first-order valence-corrected chi connectivity index (χ1v) is 11.4. The van der Waals surface area contributed by atoms with Crippen LogP contribution in [0.5, 0.6) is 0 Å². The van der Waals surface area contributed by atoms with Crippen LogP contribution in [0, 0.1) is 11.7 Å². The number of amides is 1. The summed E-state index contributed by atoms with van der Waals surface area (Å²) in [5, 5.41) is 7.05. The van der Waals surface area contributed by atoms with Gasteiger partial charge in [0.15, 0.2) is 0 Å². The van der Waals surface area contributed by atoms with E-state index in [0.717, 1.165) is 44.5 Å². The molecule has 1 N–H and O–H groups in total. The fourth-order valence-corrected chi connectivity index (χ4v) is 4.31. The largest absolute Gasteiger partial charge is 0.378 e. The molecule has 1 aromatic carbocycles. The van der Waals surface area contributed by atoms with Crippen LogP contribution in [0.25, 0.3) is 11.4 Å². The van der Waals surface area contributed by atoms with Crippen LogP contribution in [0.15, 0.2) is 28.8 Å². The molecule has 4 rings (SSSR count). The minimum atomic E-state index is -0.295. The third-order valence-electron chi connectivity index (χ3n) is 6.16. The molecule has 1 aliphatic heterocycles. The van der Waals surface area contributed by atoms with Crippen molar-refractivity contribution in [3.63, 3.8) is 0 Å². The van der Waals surface area contributed by atoms with E-state index in [0.29, 0.717) is 30.9 Å². The lowest BCUT2D eigenvalue weighted by molar-refractivity contribution is -0.126. The van der Waals surface area contributed by atoms with Crippen LogP contribution in [0.2, 0.25) is 0 Å². The summed E-state index contributed by atoms with van der Waals surface area (Å²) < 4.78 is 24.3. The fourth-order valence-electron chi connectivity index (χ4n) is 4.31. The van der Waals surface area contributed by atoms with Gasteiger partial charge >= 0.3 is 0 Å². The van der Waals surface area contributed by atoms with Gasteiger partial charge in [-0.05, 0) is 69.5 Å². The third kappa shape index (κ3) is 6.33. The van der Waals surface area contributed by atoms with E-state index >= 15 is 0 Å². The molecule has 2 heterocycles. The molecule has 0 spiro atoms. The van der Waals surface area contributed by atoms with Gasteiger partial charge < -0.3 is 14.6 Å². The second-order valence-electron chi connectivity index (χ2n) is 8.49. The highest BCUT2D eigenvalue weighted by Gasteiger charge is 2.26. The molecule has 1 aliphatic carbocycles. The first-order chi connectivity index (χ1) is 15.2. The molecular weight excluding hydrogens is 399 g/mol. The standard InChI is InChI=1S/C23H31FN4O3/c24-19-8-6-17(7-9-19)22-26-21(31-27-22)16-28-13-10-18(11-14-28)23(29)25-12-3-15-30-20-4-1-2-5-20/h6-9,18,20H,1-5,10-16H2,(H,25,29). The molecule has 31 heavy (non-hydrogen) atoms. The summed E-state index contributed by atoms with van der Waals surface area (Å²) in [7, 11) is 0. The van der Waals surface area contributed by atoms with Gasteiger partial charge in [-0.1, -0.05) is 18.0 Å². The molecule has 2 aliphatic rings. The van der Waals surface area contributed by atoms with Crippen molar-refractivity contribution >= 4 is 5.91 Å². The van der Waals surface area contributed by atoms with Gasteiger partial charge in [-0.3, -0.25) is 9.69 Å². The molecule has 0 unspecified atom stereocenters. The van der Waals surface area contributed by atoms with Gasteiger partial charge in [0, 0.05) is 24.6 Å². The van der Waals surface area contributed by atoms with Gasteiger partial charge in [0.05, 0.1) is 12.6 Å². The Balaban J connectivity index is 1.13. The maximum absolute atomic E-state index is 13.1. The van der Waals surface area contributed by atoms with E-state index in [9.17, 15) is 9.18 Å². The van der Waals surface area contributed by atoms with Gasteiger partial charge in [-0.2, -0.15) is 4.98 Å². The van der Waals surface area contributed by atoms with Crippen LogP contribution in [-0.4, -0.2) is 53.3 Å². The van der Waals surface area contributed by atoms with Crippen molar-refractivity contribution in [1.29, 1.82) is 0 Å². The number of halogens is 1. The van der Waals surface area contributed by atoms with Crippen LogP contribution in [0.4, 0.5) is 4.39 Å². The normalized spacial score (nSPS) is 18.5. The van der Waals surface area contributed by atoms with Crippen molar-refractivity contribution in [2.75, 3.05) is 26.2 Å². The van der Waals surface area contributed by atoms with Gasteiger partial charge in [0.1, 0.15) is 5.82 Å². The predicted octanol–water partition coefficient (Wildman–Crippen LogP) is 3.55. The summed E-state index contributed by atoms with van der Waals surface area (Å²) in [4.78, 5) is 19.1. The molecule has 0 radical (unpaired) electrons. The number of nitrogens with zero attached hydrogens (tertiary/aromatic N) is 3. The molecule has 168 valence electrons. The second-order valence-corrected chi connectivity index (χ2v) is 8.49. The number of nitrogens with one attached hydrogen (secondary N) is 1. The van der Waals surface area contributed by atoms with Gasteiger partial charge in [0.2, 0.25) is 17.6 Å². The van der Waals surface area contributed by atoms with E-state index in [1.807, 2.05) is 0 Å². The minimum Gasteiger partial charge on any atom is -0.378 e. The maximum atomic E-state index is 13.1. The molecule has 0 bridgehead atoms. The number of rotatable bonds is 9. The quantitative estimate of drug-likeness (QED) is 0.613. The van der Waals surface area contributed by atoms with E-state index in [-0.39, 0.29) is 17.6 Å². The summed E-state index contributed by atoms with van der Waals surface area (Å²) in [5.41, 5.74) is 0.723. The molecule has 1 aromatic heterocycles. The van der Waals surface area contributed by atoms with Crippen molar-refractivity contribution in [2.24, 2.45) is 5.92 Å². The zero-order chi connectivity index (χ0) is 21.5. The number of hydrogen-bond donors (Lipinski definition) is 1. The van der Waals surface area contributed by atoms with E-state index in [1.165, 1.54) is 37.8 Å². The smallest absolute Gasteiger partial charge is 0.241 e. The average Bonchev–Trinajstić information content (AvgIpc) is 3.47. The minimum absolute atomic E-state index is 0.0597. The van der Waals surface area contributed by atoms with E-state index in [4.69, 9.17) is 9.26 Å². The number of carbonyl (C=O) groups excluding carboxylic acids is 1. The number of hydrogen-bond acceptors (Lipinski definition) is 6. The Morgan fingerprint density at radius 1 is 1.16 bits per heavy atom. The van der Waals surface area contributed by atoms with Crippen molar-refractivity contribution in [2.45, 2.75) is 57.6 Å². The molecule has 1 saturated heterocycles. The summed E-state index contributed by atoms with van der Waals surface area (Å²) in [6.07, 6.45) is 7.88. The van der Waals surface area contributed by atoms with Crippen LogP contribution in [0.3, 0.4) is 0 Å². The van der Waals surface area contributed by atoms with Crippen LogP contribution < -0.4 is 5.32 Å². The first-order valence-electron chi connectivity index (χ1n) is 11.4. The molecule has 1 saturated carbocycles. The number of aromatic nitrogens is 2. The van der Waals surface area contributed by atoms with Crippen molar-refractivity contribution in [3.05, 3.63) is 36.0 Å². The van der Waals surface area contributed by atoms with Crippen LogP contribution >= 0.6 is 0 Å². The molecule has 2 aromatic rings. The zero-order valence-corrected chi connectivity index (χ0v) is 17.9. The third-order valence-corrected chi connectivity index (χ3v) is 6.16. The van der Waals surface area contributed by atoms with Crippen molar-refractivity contribution in [1.82, 2.24) is 20.4 Å². The Labute approximate surface area is 182 Å². The number of ether oxygens (including phenoxy) is 1. The summed E-state index contributed by atoms with van der Waals surface area (Å²) >= 11 is 0. The fraction of sp³-hybridized carbons (Fsp3) is 0.609. The second kappa shape index (κ2) is 10.8. The van der Waals surface area contributed by atoms with Gasteiger partial charge in [-0.25, -0.2) is 4.39 Å². The van der Waals surface area contributed by atoms with Crippen LogP contribution in [0.1, 0.15) is 50.8 Å². The molecule has 0 atom stereocenters. The Morgan fingerprint density at radius 3 is 2.65 bits per heavy atom. The molecule has 2 fully saturated rings. The topological polar surface area (TPSA) is 80.5 Å². The number of likely N-dealkylation sites (tertiary alicyclic amines) is 1. The maximum Gasteiger partial charge on any atom is 0.241 e. The highest BCUT2D eigenvalue weighted by Crippen LogP contribution is 2.22. The summed E-state index contributed by atoms with van der Waals surface area (Å²) in [6, 6.07) is 6.03. The lowest BCUT2D eigenvalue weighted by Gasteiger charge is -2.30. The first kappa shape index (κ1) is 21.9. The Hall–Kier alpha value is -2.32. The Morgan fingerprint density at radius 2 is 1.90 bits per heavy atom. The highest BCUT2D eigenvalue weighted by molar-refractivity contribution is 5.78. The van der Waals surface area contributed by atoms with Gasteiger partial charge in [0.25, 0.3) is 0 Å². The summed E-state index contributed by atoms with van der Waals surface area (Å²) in [5.74, 6) is 0.906. The summed E-state index contributed by atoms with van der Waals surface area (Å²) in [6.45, 7) is 3.60. The lowest BCUT2D eigenvalue weighted by atomic mass is 9.96. The molecular formula is C23H31FN4O3. The van der Waals surface area contributed by atoms with Crippen molar-refractivity contribution in [3.8, 4) is 11.4 Å².